The Hall–Kier alpha value is -1.68. The van der Waals surface area contributed by atoms with Gasteiger partial charge in [0.25, 0.3) is 5.78 Å². The maximum atomic E-state index is 10.6. The number of Topliss-reactive ketones (excluding diaryl/α,β-unsaturated/α-hetero) is 1. The van der Waals surface area contributed by atoms with Gasteiger partial charge in [-0.05, 0) is 0 Å². The predicted molar refractivity (Wildman–Crippen MR) is 34.7 cm³/mol. The van der Waals surface area contributed by atoms with E-state index in [1.807, 2.05) is 0 Å². The summed E-state index contributed by atoms with van der Waals surface area (Å²) in [7, 11) is 0. The molecule has 0 bridgehead atoms. The van der Waals surface area contributed by atoms with E-state index < -0.39 is 17.6 Å². The van der Waals surface area contributed by atoms with Crippen LogP contribution >= 0.6 is 0 Å². The second kappa shape index (κ2) is 4.19. The highest BCUT2D eigenvalue weighted by Crippen LogP contribution is 1.89. The molecule has 0 aromatic heterocycles. The molecule has 0 heterocycles. The minimum Gasteiger partial charge on any atom is -0.497 e. The minimum atomic E-state index is -1.09. The summed E-state index contributed by atoms with van der Waals surface area (Å²) in [5.74, 6) is -2.33. The van der Waals surface area contributed by atoms with Crippen LogP contribution in [0.4, 0.5) is 0 Å². The van der Waals surface area contributed by atoms with Crippen LogP contribution in [0.2, 0.25) is 0 Å². The normalized spacial score (nSPS) is 8.36. The highest BCUT2D eigenvalue weighted by molar-refractivity contribution is 6.35. The Kier molecular flexibility index (Phi) is 3.55. The average Bonchev–Trinajstić information content (AvgIpc) is 1.98. The van der Waals surface area contributed by atoms with E-state index >= 15 is 0 Å². The summed E-state index contributed by atoms with van der Waals surface area (Å²) >= 11 is 0. The van der Waals surface area contributed by atoms with Crippen molar-refractivity contribution in [2.24, 2.45) is 5.73 Å². The summed E-state index contributed by atoms with van der Waals surface area (Å²) in [5.41, 5.74) is 12.8. The number of nitrogens with zero attached hydrogens (tertiary/aromatic N) is 2. The molecule has 0 fully saturated rings. The molecule has 0 saturated carbocycles. The third-order valence-electron chi connectivity index (χ3n) is 0.959. The first kappa shape index (κ1) is 9.32. The van der Waals surface area contributed by atoms with Gasteiger partial charge < -0.3 is 15.4 Å². The van der Waals surface area contributed by atoms with Crippen molar-refractivity contribution in [1.82, 2.24) is 0 Å². The SMILES string of the molecule is [N-]=[N+]=C(N)C(=O)CCC(=O)O. The highest BCUT2D eigenvalue weighted by Gasteiger charge is 2.14. The fourth-order valence-corrected chi connectivity index (χ4v) is 0.404. The van der Waals surface area contributed by atoms with Crippen molar-refractivity contribution in [2.75, 3.05) is 0 Å². The van der Waals surface area contributed by atoms with E-state index in [0.717, 1.165) is 0 Å². The Morgan fingerprint density at radius 2 is 2.00 bits per heavy atom. The van der Waals surface area contributed by atoms with Crippen LogP contribution in [0, 0.1) is 0 Å². The number of ketones is 1. The number of hydrogen-bond donors (Lipinski definition) is 2. The maximum absolute atomic E-state index is 10.6. The van der Waals surface area contributed by atoms with Gasteiger partial charge in [0.15, 0.2) is 0 Å². The van der Waals surface area contributed by atoms with Crippen molar-refractivity contribution in [3.05, 3.63) is 5.53 Å². The average molecular weight is 157 g/mol. The fraction of sp³-hybridized carbons (Fsp3) is 0.400. The zero-order valence-electron chi connectivity index (χ0n) is 5.65. The number of carboxylic acids is 1. The standard InChI is InChI=1S/C5H7N3O3/c6-5(8-7)3(9)1-2-4(10)11/h1-2,6H2,(H,10,11). The van der Waals surface area contributed by atoms with Crippen LogP contribution in [-0.4, -0.2) is 27.5 Å². The quantitative estimate of drug-likeness (QED) is 0.235. The summed E-state index contributed by atoms with van der Waals surface area (Å²) in [4.78, 5) is 22.9. The summed E-state index contributed by atoms with van der Waals surface area (Å²) in [5, 5.41) is 8.12. The molecule has 0 spiro atoms. The van der Waals surface area contributed by atoms with E-state index in [0.29, 0.717) is 0 Å². The van der Waals surface area contributed by atoms with Gasteiger partial charge in [0.05, 0.1) is 6.42 Å². The van der Waals surface area contributed by atoms with Crippen LogP contribution in [0.1, 0.15) is 12.8 Å². The maximum Gasteiger partial charge on any atom is 0.394 e. The summed E-state index contributed by atoms with van der Waals surface area (Å²) in [6, 6.07) is 0. The molecule has 0 amide bonds. The molecular weight excluding hydrogens is 150 g/mol. The Morgan fingerprint density at radius 3 is 2.36 bits per heavy atom. The predicted octanol–water partition coefficient (Wildman–Crippen LogP) is -0.993. The van der Waals surface area contributed by atoms with Crippen molar-refractivity contribution in [3.8, 4) is 0 Å². The second-order valence-electron chi connectivity index (χ2n) is 1.80. The number of carbonyl (C=O) groups excluding carboxylic acids is 1. The molecule has 11 heavy (non-hydrogen) atoms. The van der Waals surface area contributed by atoms with E-state index in [4.69, 9.17) is 16.4 Å². The minimum absolute atomic E-state index is 0.245. The van der Waals surface area contributed by atoms with Crippen LogP contribution in [0.15, 0.2) is 0 Å². The van der Waals surface area contributed by atoms with Crippen LogP contribution in [-0.2, 0) is 9.59 Å². The zero-order chi connectivity index (χ0) is 8.85. The van der Waals surface area contributed by atoms with Gasteiger partial charge in [-0.3, -0.25) is 15.3 Å². The number of carbonyl (C=O) groups is 2. The van der Waals surface area contributed by atoms with E-state index in [1.54, 1.807) is 0 Å². The molecule has 0 rings (SSSR count). The smallest absolute Gasteiger partial charge is 0.394 e. The molecule has 6 nitrogen and oxygen atoms in total. The van der Waals surface area contributed by atoms with Gasteiger partial charge in [-0.1, -0.05) is 0 Å². The fourth-order valence-electron chi connectivity index (χ4n) is 0.404. The van der Waals surface area contributed by atoms with Crippen LogP contribution in [0.3, 0.4) is 0 Å². The van der Waals surface area contributed by atoms with Crippen molar-refractivity contribution in [2.45, 2.75) is 12.8 Å². The molecular formula is C5H7N3O3. The number of carboxylic acid groups (broad SMARTS) is 1. The zero-order valence-corrected chi connectivity index (χ0v) is 5.65. The molecule has 0 radical (unpaired) electrons. The topological polar surface area (TPSA) is 117 Å². The monoisotopic (exact) mass is 157 g/mol. The third-order valence-corrected chi connectivity index (χ3v) is 0.959. The summed E-state index contributed by atoms with van der Waals surface area (Å²) in [6.45, 7) is 0. The Balaban J connectivity index is 3.90. The first-order valence-corrected chi connectivity index (χ1v) is 2.80. The lowest BCUT2D eigenvalue weighted by atomic mass is 10.2. The molecule has 0 aliphatic carbocycles. The van der Waals surface area contributed by atoms with Crippen LogP contribution < -0.4 is 5.73 Å². The van der Waals surface area contributed by atoms with Crippen LogP contribution in [0.25, 0.3) is 5.53 Å². The van der Waals surface area contributed by atoms with Gasteiger partial charge in [0.2, 0.25) is 0 Å². The number of hydrogen-bond acceptors (Lipinski definition) is 2. The largest absolute Gasteiger partial charge is 0.497 e. The number of rotatable bonds is 4. The van der Waals surface area contributed by atoms with Crippen LogP contribution in [0.5, 0.6) is 0 Å². The molecule has 0 atom stereocenters. The molecule has 0 unspecified atom stereocenters. The van der Waals surface area contributed by atoms with Gasteiger partial charge in [-0.25, -0.2) is 0 Å². The molecule has 0 aromatic rings. The van der Waals surface area contributed by atoms with Crippen molar-refractivity contribution < 1.29 is 19.5 Å². The first-order chi connectivity index (χ1) is 5.07. The Bertz CT molecular complexity index is 229. The first-order valence-electron chi connectivity index (χ1n) is 2.80. The molecule has 0 aliphatic rings. The van der Waals surface area contributed by atoms with Gasteiger partial charge >= 0.3 is 11.8 Å². The van der Waals surface area contributed by atoms with E-state index in [2.05, 4.69) is 4.79 Å². The molecule has 0 aromatic carbocycles. The Labute approximate surface area is 62.2 Å². The summed E-state index contributed by atoms with van der Waals surface area (Å²) in [6.07, 6.45) is -0.555. The van der Waals surface area contributed by atoms with Gasteiger partial charge in [-0.2, -0.15) is 0 Å². The van der Waals surface area contributed by atoms with E-state index in [1.165, 1.54) is 0 Å². The number of amidine groups is 1. The molecule has 6 heteroatoms. The van der Waals surface area contributed by atoms with E-state index in [-0.39, 0.29) is 12.8 Å². The Morgan fingerprint density at radius 1 is 1.45 bits per heavy atom. The molecule has 60 valence electrons. The molecule has 0 aliphatic heterocycles. The van der Waals surface area contributed by atoms with Gasteiger partial charge in [-0.15, -0.1) is 0 Å². The van der Waals surface area contributed by atoms with Gasteiger partial charge in [0, 0.05) is 6.42 Å². The highest BCUT2D eigenvalue weighted by atomic mass is 16.4. The molecule has 0 saturated heterocycles. The lowest BCUT2D eigenvalue weighted by Crippen LogP contribution is -2.25. The number of aliphatic carboxylic acids is 1. The van der Waals surface area contributed by atoms with Crippen molar-refractivity contribution in [1.29, 1.82) is 0 Å². The van der Waals surface area contributed by atoms with Gasteiger partial charge in [0.1, 0.15) is 0 Å². The third kappa shape index (κ3) is 3.83. The van der Waals surface area contributed by atoms with E-state index in [9.17, 15) is 9.59 Å². The lowest BCUT2D eigenvalue weighted by Gasteiger charge is -1.88. The molecule has 3 N–H and O–H groups in total. The number of nitrogens with two attached hydrogens (primary N) is 1. The van der Waals surface area contributed by atoms with Crippen molar-refractivity contribution in [3.63, 3.8) is 0 Å². The second-order valence-corrected chi connectivity index (χ2v) is 1.80. The van der Waals surface area contributed by atoms with Crippen molar-refractivity contribution >= 4 is 17.6 Å². The summed E-state index contributed by atoms with van der Waals surface area (Å²) < 4.78 is 0. The lowest BCUT2D eigenvalue weighted by molar-refractivity contribution is -0.138.